The molecule has 2 heteroatoms. The molecule has 18 heavy (non-hydrogen) atoms. The summed E-state index contributed by atoms with van der Waals surface area (Å²) in [6.07, 6.45) is 3.81. The summed E-state index contributed by atoms with van der Waals surface area (Å²) in [4.78, 5) is 0. The zero-order valence-electron chi connectivity index (χ0n) is 12.1. The number of aryl methyl sites for hydroxylation is 1. The van der Waals surface area contributed by atoms with Crippen LogP contribution in [0, 0.1) is 12.8 Å². The first-order valence-electron chi connectivity index (χ1n) is 7.04. The van der Waals surface area contributed by atoms with Crippen molar-refractivity contribution in [3.05, 3.63) is 33.8 Å². The van der Waals surface area contributed by atoms with Crippen LogP contribution in [0.15, 0.2) is 22.7 Å². The van der Waals surface area contributed by atoms with E-state index in [2.05, 4.69) is 67.1 Å². The van der Waals surface area contributed by atoms with Crippen LogP contribution >= 0.6 is 15.9 Å². The Kier molecular flexibility index (Phi) is 6.95. The molecule has 1 unspecified atom stereocenters. The van der Waals surface area contributed by atoms with Crippen LogP contribution in [0.3, 0.4) is 0 Å². The van der Waals surface area contributed by atoms with Crippen LogP contribution in [-0.4, -0.2) is 6.54 Å². The molecule has 1 N–H and O–H groups in total. The Bertz CT molecular complexity index is 360. The van der Waals surface area contributed by atoms with Gasteiger partial charge in [0, 0.05) is 10.5 Å². The Morgan fingerprint density at radius 1 is 1.22 bits per heavy atom. The van der Waals surface area contributed by atoms with E-state index >= 15 is 0 Å². The van der Waals surface area contributed by atoms with Crippen molar-refractivity contribution in [1.29, 1.82) is 0 Å². The van der Waals surface area contributed by atoms with Gasteiger partial charge in [-0.05, 0) is 36.9 Å². The van der Waals surface area contributed by atoms with E-state index in [1.165, 1.54) is 34.9 Å². The van der Waals surface area contributed by atoms with E-state index in [1.54, 1.807) is 0 Å². The number of rotatable bonds is 7. The molecule has 0 bridgehead atoms. The van der Waals surface area contributed by atoms with Crippen molar-refractivity contribution in [3.63, 3.8) is 0 Å². The summed E-state index contributed by atoms with van der Waals surface area (Å²) in [6, 6.07) is 7.02. The SMILES string of the molecule is CCNC(CCCC(C)C)c1cccc(C)c1Br. The third kappa shape index (κ3) is 4.74. The summed E-state index contributed by atoms with van der Waals surface area (Å²) >= 11 is 3.73. The Balaban J connectivity index is 2.74. The highest BCUT2D eigenvalue weighted by Crippen LogP contribution is 2.29. The minimum Gasteiger partial charge on any atom is -0.310 e. The third-order valence-electron chi connectivity index (χ3n) is 3.32. The van der Waals surface area contributed by atoms with E-state index in [4.69, 9.17) is 0 Å². The average Bonchev–Trinajstić information content (AvgIpc) is 2.31. The van der Waals surface area contributed by atoms with E-state index in [-0.39, 0.29) is 0 Å². The predicted molar refractivity (Wildman–Crippen MR) is 84.0 cm³/mol. The summed E-state index contributed by atoms with van der Waals surface area (Å²) in [5.74, 6) is 0.799. The molecule has 1 aromatic carbocycles. The lowest BCUT2D eigenvalue weighted by Gasteiger charge is -2.21. The molecule has 1 rings (SSSR count). The fraction of sp³-hybridized carbons (Fsp3) is 0.625. The molecule has 0 aliphatic carbocycles. The van der Waals surface area contributed by atoms with Gasteiger partial charge in [-0.25, -0.2) is 0 Å². The van der Waals surface area contributed by atoms with Crippen LogP contribution in [0.25, 0.3) is 0 Å². The number of halogens is 1. The summed E-state index contributed by atoms with van der Waals surface area (Å²) in [6.45, 7) is 9.95. The topological polar surface area (TPSA) is 12.0 Å². The fourth-order valence-corrected chi connectivity index (χ4v) is 2.82. The Morgan fingerprint density at radius 3 is 2.56 bits per heavy atom. The van der Waals surface area contributed by atoms with Gasteiger partial charge in [-0.3, -0.25) is 0 Å². The number of hydrogen-bond donors (Lipinski definition) is 1. The lowest BCUT2D eigenvalue weighted by atomic mass is 9.97. The van der Waals surface area contributed by atoms with Crippen molar-refractivity contribution in [2.24, 2.45) is 5.92 Å². The molecule has 0 aliphatic heterocycles. The second kappa shape index (κ2) is 7.96. The molecular weight excluding hydrogens is 286 g/mol. The Morgan fingerprint density at radius 2 is 1.94 bits per heavy atom. The minimum absolute atomic E-state index is 0.475. The van der Waals surface area contributed by atoms with Gasteiger partial charge in [0.15, 0.2) is 0 Å². The maximum Gasteiger partial charge on any atom is 0.0331 e. The summed E-state index contributed by atoms with van der Waals surface area (Å²) in [5, 5.41) is 3.61. The monoisotopic (exact) mass is 311 g/mol. The van der Waals surface area contributed by atoms with E-state index in [0.717, 1.165) is 12.5 Å². The quantitative estimate of drug-likeness (QED) is 0.726. The highest BCUT2D eigenvalue weighted by atomic mass is 79.9. The number of nitrogens with one attached hydrogen (secondary N) is 1. The number of benzene rings is 1. The molecule has 1 atom stereocenters. The highest BCUT2D eigenvalue weighted by Gasteiger charge is 2.14. The largest absolute Gasteiger partial charge is 0.310 e. The molecule has 1 nitrogen and oxygen atoms in total. The van der Waals surface area contributed by atoms with Gasteiger partial charge in [0.2, 0.25) is 0 Å². The molecule has 0 heterocycles. The lowest BCUT2D eigenvalue weighted by molar-refractivity contribution is 0.454. The van der Waals surface area contributed by atoms with Crippen LogP contribution in [0.2, 0.25) is 0 Å². The van der Waals surface area contributed by atoms with Gasteiger partial charge in [0.05, 0.1) is 0 Å². The molecule has 102 valence electrons. The molecule has 0 amide bonds. The standard InChI is InChI=1S/C16H26BrN/c1-5-18-15(11-6-8-12(2)3)14-10-7-9-13(4)16(14)17/h7,9-10,12,15,18H,5-6,8,11H2,1-4H3. The first kappa shape index (κ1) is 15.7. The van der Waals surface area contributed by atoms with Gasteiger partial charge >= 0.3 is 0 Å². The van der Waals surface area contributed by atoms with Crippen molar-refractivity contribution < 1.29 is 0 Å². The molecule has 0 saturated heterocycles. The second-order valence-corrected chi connectivity index (χ2v) is 6.21. The summed E-state index contributed by atoms with van der Waals surface area (Å²) in [5.41, 5.74) is 2.72. The van der Waals surface area contributed by atoms with E-state index in [0.29, 0.717) is 6.04 Å². The first-order chi connectivity index (χ1) is 8.56. The molecule has 0 aliphatic rings. The fourth-order valence-electron chi connectivity index (χ4n) is 2.28. The maximum atomic E-state index is 3.73. The van der Waals surface area contributed by atoms with Crippen molar-refractivity contribution in [1.82, 2.24) is 5.32 Å². The lowest BCUT2D eigenvalue weighted by Crippen LogP contribution is -2.21. The average molecular weight is 312 g/mol. The van der Waals surface area contributed by atoms with Gasteiger partial charge in [-0.15, -0.1) is 0 Å². The highest BCUT2D eigenvalue weighted by molar-refractivity contribution is 9.10. The van der Waals surface area contributed by atoms with Crippen molar-refractivity contribution in [2.75, 3.05) is 6.54 Å². The van der Waals surface area contributed by atoms with Crippen molar-refractivity contribution in [3.8, 4) is 0 Å². The predicted octanol–water partition coefficient (Wildman–Crippen LogP) is 5.23. The third-order valence-corrected chi connectivity index (χ3v) is 4.41. The molecule has 0 saturated carbocycles. The minimum atomic E-state index is 0.475. The Hall–Kier alpha value is -0.340. The van der Waals surface area contributed by atoms with E-state index < -0.39 is 0 Å². The second-order valence-electron chi connectivity index (χ2n) is 5.41. The van der Waals surface area contributed by atoms with Gasteiger partial charge in [0.1, 0.15) is 0 Å². The van der Waals surface area contributed by atoms with Crippen LogP contribution in [0.4, 0.5) is 0 Å². The van der Waals surface area contributed by atoms with Crippen LogP contribution in [0.1, 0.15) is 57.2 Å². The Labute approximate surface area is 120 Å². The van der Waals surface area contributed by atoms with Gasteiger partial charge in [-0.2, -0.15) is 0 Å². The first-order valence-corrected chi connectivity index (χ1v) is 7.84. The molecule has 0 fully saturated rings. The van der Waals surface area contributed by atoms with Crippen LogP contribution in [-0.2, 0) is 0 Å². The molecule has 0 aromatic heterocycles. The summed E-state index contributed by atoms with van der Waals surface area (Å²) < 4.78 is 1.26. The zero-order chi connectivity index (χ0) is 13.5. The normalized spacial score (nSPS) is 13.0. The van der Waals surface area contributed by atoms with Crippen LogP contribution < -0.4 is 5.32 Å². The smallest absolute Gasteiger partial charge is 0.0331 e. The van der Waals surface area contributed by atoms with Gasteiger partial charge in [0.25, 0.3) is 0 Å². The molecule has 0 spiro atoms. The molecule has 0 radical (unpaired) electrons. The summed E-state index contributed by atoms with van der Waals surface area (Å²) in [7, 11) is 0. The van der Waals surface area contributed by atoms with Crippen molar-refractivity contribution >= 4 is 15.9 Å². The molecular formula is C16H26BrN. The number of hydrogen-bond acceptors (Lipinski definition) is 1. The zero-order valence-corrected chi connectivity index (χ0v) is 13.7. The van der Waals surface area contributed by atoms with Crippen molar-refractivity contribution in [2.45, 2.75) is 53.0 Å². The van der Waals surface area contributed by atoms with Gasteiger partial charge in [-0.1, -0.05) is 67.7 Å². The maximum absolute atomic E-state index is 3.73. The molecule has 1 aromatic rings. The van der Waals surface area contributed by atoms with E-state index in [9.17, 15) is 0 Å². The van der Waals surface area contributed by atoms with Crippen LogP contribution in [0.5, 0.6) is 0 Å². The van der Waals surface area contributed by atoms with Gasteiger partial charge < -0.3 is 5.32 Å². The van der Waals surface area contributed by atoms with E-state index in [1.807, 2.05) is 0 Å².